The van der Waals surface area contributed by atoms with Crippen molar-refractivity contribution >= 4 is 16.7 Å². The molecule has 0 spiro atoms. The summed E-state index contributed by atoms with van der Waals surface area (Å²) in [4.78, 5) is 0. The molecule has 0 fully saturated rings. The van der Waals surface area contributed by atoms with Gasteiger partial charge in [0.25, 0.3) is 0 Å². The summed E-state index contributed by atoms with van der Waals surface area (Å²) < 4.78 is 22.0. The van der Waals surface area contributed by atoms with Crippen LogP contribution in [0, 0.1) is 0 Å². The number of aromatic nitrogens is 2. The Morgan fingerprint density at radius 3 is 2.89 bits per heavy atom. The Kier molecular flexibility index (Phi) is 1.69. The summed E-state index contributed by atoms with van der Waals surface area (Å²) >= 11 is 0. The first-order valence-electron chi connectivity index (χ1n) is 2.19. The van der Waals surface area contributed by atoms with Crippen molar-refractivity contribution < 1.29 is 8.42 Å². The molecule has 9 heavy (non-hydrogen) atoms. The topological polar surface area (TPSA) is 74.8 Å². The third-order valence-corrected chi connectivity index (χ3v) is 1.14. The van der Waals surface area contributed by atoms with Gasteiger partial charge < -0.3 is 0 Å². The van der Waals surface area contributed by atoms with Gasteiger partial charge in [0.15, 0.2) is 0 Å². The average molecular weight is 147 g/mol. The number of rotatable bonds is 2. The maximum Gasteiger partial charge on any atom is 0.223 e. The molecule has 5 nitrogen and oxygen atoms in total. The lowest BCUT2D eigenvalue weighted by atomic mass is 10.7. The summed E-state index contributed by atoms with van der Waals surface area (Å²) in [6.45, 7) is 0. The quantitative estimate of drug-likeness (QED) is 0.486. The van der Waals surface area contributed by atoms with Gasteiger partial charge in [0.2, 0.25) is 10.9 Å². The molecule has 50 valence electrons. The Hall–Kier alpha value is -1.04. The molecular formula is C3H5N3O2S. The van der Waals surface area contributed by atoms with E-state index in [0.717, 1.165) is 0 Å². The maximum atomic E-state index is 9.94. The van der Waals surface area contributed by atoms with Crippen LogP contribution in [-0.2, 0) is 10.9 Å². The molecule has 6 heteroatoms. The molecule has 0 bridgehead atoms. The SMILES string of the molecule is O=[SH](=O)Nc1ccn[nH]1. The lowest BCUT2D eigenvalue weighted by molar-refractivity contribution is 0.619. The Morgan fingerprint density at radius 2 is 2.44 bits per heavy atom. The van der Waals surface area contributed by atoms with Gasteiger partial charge in [-0.15, -0.1) is 0 Å². The molecule has 0 aromatic carbocycles. The molecule has 2 N–H and O–H groups in total. The molecule has 1 rings (SSSR count). The highest BCUT2D eigenvalue weighted by Crippen LogP contribution is 1.95. The summed E-state index contributed by atoms with van der Waals surface area (Å²) in [5, 5.41) is 5.94. The van der Waals surface area contributed by atoms with Crippen molar-refractivity contribution in [3.05, 3.63) is 12.3 Å². The Balaban J connectivity index is 2.68. The number of H-pyrrole nitrogens is 1. The normalized spacial score (nSPS) is 9.89. The van der Waals surface area contributed by atoms with Crippen molar-refractivity contribution in [1.29, 1.82) is 0 Å². The lowest BCUT2D eigenvalue weighted by Crippen LogP contribution is -1.94. The summed E-state index contributed by atoms with van der Waals surface area (Å²) in [7, 11) is -2.57. The van der Waals surface area contributed by atoms with Crippen molar-refractivity contribution in [3.8, 4) is 0 Å². The van der Waals surface area contributed by atoms with E-state index in [0.29, 0.717) is 5.82 Å². The highest BCUT2D eigenvalue weighted by atomic mass is 32.2. The predicted molar refractivity (Wildman–Crippen MR) is 32.5 cm³/mol. The first kappa shape index (κ1) is 6.09. The number of aromatic amines is 1. The third kappa shape index (κ3) is 1.73. The first-order chi connectivity index (χ1) is 4.29. The molecule has 1 aromatic heterocycles. The van der Waals surface area contributed by atoms with Crippen molar-refractivity contribution in [1.82, 2.24) is 10.2 Å². The number of anilines is 1. The largest absolute Gasteiger partial charge is 0.270 e. The Labute approximate surface area is 53.2 Å². The third-order valence-electron chi connectivity index (χ3n) is 0.712. The van der Waals surface area contributed by atoms with Crippen molar-refractivity contribution in [2.45, 2.75) is 0 Å². The van der Waals surface area contributed by atoms with Gasteiger partial charge in [-0.25, -0.2) is 8.42 Å². The molecule has 1 aromatic rings. The van der Waals surface area contributed by atoms with Crippen molar-refractivity contribution in [3.63, 3.8) is 0 Å². The van der Waals surface area contributed by atoms with Crippen LogP contribution in [0.4, 0.5) is 5.82 Å². The Morgan fingerprint density at radius 1 is 1.67 bits per heavy atom. The minimum atomic E-state index is -2.57. The second-order valence-electron chi connectivity index (χ2n) is 1.34. The van der Waals surface area contributed by atoms with E-state index in [2.05, 4.69) is 14.9 Å². The fourth-order valence-corrected chi connectivity index (χ4v) is 0.738. The van der Waals surface area contributed by atoms with Crippen LogP contribution in [0.15, 0.2) is 12.3 Å². The van der Waals surface area contributed by atoms with Crippen LogP contribution in [0.2, 0.25) is 0 Å². The van der Waals surface area contributed by atoms with E-state index in [1.165, 1.54) is 12.3 Å². The van der Waals surface area contributed by atoms with E-state index in [9.17, 15) is 8.42 Å². The minimum absolute atomic E-state index is 0.381. The van der Waals surface area contributed by atoms with E-state index >= 15 is 0 Å². The van der Waals surface area contributed by atoms with Gasteiger partial charge in [-0.05, 0) is 0 Å². The maximum absolute atomic E-state index is 9.94. The van der Waals surface area contributed by atoms with Gasteiger partial charge in [-0.2, -0.15) is 5.10 Å². The fraction of sp³-hybridized carbons (Fsp3) is 0. The van der Waals surface area contributed by atoms with Crippen LogP contribution in [0.1, 0.15) is 0 Å². The molecule has 0 atom stereocenters. The summed E-state index contributed by atoms with van der Waals surface area (Å²) in [6.07, 6.45) is 1.46. The number of thiol groups is 1. The van der Waals surface area contributed by atoms with E-state index in [-0.39, 0.29) is 0 Å². The molecule has 1 heterocycles. The Bertz CT molecular complexity index is 232. The van der Waals surface area contributed by atoms with Crippen LogP contribution < -0.4 is 4.72 Å². The monoisotopic (exact) mass is 147 g/mol. The highest BCUT2D eigenvalue weighted by molar-refractivity contribution is 7.73. The van der Waals surface area contributed by atoms with Crippen LogP contribution in [-0.4, -0.2) is 18.6 Å². The van der Waals surface area contributed by atoms with Gasteiger partial charge in [0.1, 0.15) is 5.82 Å². The lowest BCUT2D eigenvalue weighted by Gasteiger charge is -1.86. The molecule has 0 aliphatic rings. The zero-order valence-corrected chi connectivity index (χ0v) is 5.26. The van der Waals surface area contributed by atoms with Crippen molar-refractivity contribution in [2.75, 3.05) is 4.72 Å². The molecule has 0 aliphatic heterocycles. The summed E-state index contributed by atoms with van der Waals surface area (Å²) in [6, 6.07) is 1.52. The van der Waals surface area contributed by atoms with Gasteiger partial charge in [0, 0.05) is 6.07 Å². The first-order valence-corrected chi connectivity index (χ1v) is 3.37. The van der Waals surface area contributed by atoms with Crippen LogP contribution in [0.5, 0.6) is 0 Å². The van der Waals surface area contributed by atoms with E-state index < -0.39 is 10.9 Å². The summed E-state index contributed by atoms with van der Waals surface area (Å²) in [5.41, 5.74) is 0. The molecule has 0 saturated heterocycles. The van der Waals surface area contributed by atoms with E-state index in [1.807, 2.05) is 0 Å². The number of hydrogen-bond acceptors (Lipinski definition) is 3. The minimum Gasteiger partial charge on any atom is -0.270 e. The van der Waals surface area contributed by atoms with Gasteiger partial charge >= 0.3 is 0 Å². The zero-order valence-electron chi connectivity index (χ0n) is 4.37. The second kappa shape index (κ2) is 2.49. The molecular weight excluding hydrogens is 142 g/mol. The number of hydrogen-bond donors (Lipinski definition) is 3. The zero-order chi connectivity index (χ0) is 6.69. The van der Waals surface area contributed by atoms with Gasteiger partial charge in [-0.1, -0.05) is 0 Å². The predicted octanol–water partition coefficient (Wildman–Crippen LogP) is -0.652. The molecule has 0 amide bonds. The van der Waals surface area contributed by atoms with Gasteiger partial charge in [-0.3, -0.25) is 9.82 Å². The standard InChI is InChI=1S/C3H5N3O2S/c7-9(8)6-3-1-2-4-5-3/h1-2,9H,(H2,4,5,6,7,8). The molecule has 0 unspecified atom stereocenters. The average Bonchev–Trinajstić information content (AvgIpc) is 2.15. The fourth-order valence-electron chi connectivity index (χ4n) is 0.416. The second-order valence-corrected chi connectivity index (χ2v) is 2.08. The van der Waals surface area contributed by atoms with Crippen LogP contribution >= 0.6 is 0 Å². The van der Waals surface area contributed by atoms with Crippen LogP contribution in [0.3, 0.4) is 0 Å². The van der Waals surface area contributed by atoms with E-state index in [1.54, 1.807) is 0 Å². The molecule has 0 aliphatic carbocycles. The van der Waals surface area contributed by atoms with Gasteiger partial charge in [0.05, 0.1) is 6.20 Å². The van der Waals surface area contributed by atoms with Crippen molar-refractivity contribution in [2.24, 2.45) is 0 Å². The number of nitrogens with zero attached hydrogens (tertiary/aromatic N) is 1. The highest BCUT2D eigenvalue weighted by Gasteiger charge is 1.88. The summed E-state index contributed by atoms with van der Waals surface area (Å²) in [5.74, 6) is 0.381. The molecule has 0 saturated carbocycles. The molecule has 0 radical (unpaired) electrons. The number of nitrogens with one attached hydrogen (secondary N) is 2. The van der Waals surface area contributed by atoms with Crippen LogP contribution in [0.25, 0.3) is 0 Å². The van der Waals surface area contributed by atoms with E-state index in [4.69, 9.17) is 0 Å². The smallest absolute Gasteiger partial charge is 0.223 e.